The van der Waals surface area contributed by atoms with Crippen molar-refractivity contribution < 1.29 is 4.79 Å². The van der Waals surface area contributed by atoms with Gasteiger partial charge in [-0.15, -0.1) is 0 Å². The molecule has 1 heterocycles. The van der Waals surface area contributed by atoms with Gasteiger partial charge in [-0.3, -0.25) is 4.79 Å². The highest BCUT2D eigenvalue weighted by Crippen LogP contribution is 2.51. The fourth-order valence-corrected chi connectivity index (χ4v) is 5.50. The van der Waals surface area contributed by atoms with Gasteiger partial charge < -0.3 is 4.90 Å². The van der Waals surface area contributed by atoms with Crippen LogP contribution in [0.2, 0.25) is 5.02 Å². The molecule has 0 aliphatic carbocycles. The lowest BCUT2D eigenvalue weighted by Crippen LogP contribution is -2.25. The van der Waals surface area contributed by atoms with Gasteiger partial charge in [0.2, 0.25) is 5.12 Å². The summed E-state index contributed by atoms with van der Waals surface area (Å²) in [7, 11) is 0. The van der Waals surface area contributed by atoms with Crippen LogP contribution in [0, 0.1) is 13.8 Å². The van der Waals surface area contributed by atoms with Crippen molar-refractivity contribution in [1.82, 2.24) is 0 Å². The molecule has 4 aromatic carbocycles. The molecule has 4 heteroatoms. The van der Waals surface area contributed by atoms with Crippen LogP contribution in [0.3, 0.4) is 0 Å². The first kappa shape index (κ1) is 20.9. The fourth-order valence-electron chi connectivity index (χ4n) is 4.50. The Morgan fingerprint density at radius 1 is 0.750 bits per heavy atom. The smallest absolute Gasteiger partial charge is 0.205 e. The van der Waals surface area contributed by atoms with Crippen LogP contribution < -0.4 is 4.90 Å². The summed E-state index contributed by atoms with van der Waals surface area (Å²) in [5, 5.41) is 0.771. The Balaban J connectivity index is 1.67. The summed E-state index contributed by atoms with van der Waals surface area (Å²) in [4.78, 5) is 16.9. The van der Waals surface area contributed by atoms with Crippen LogP contribution in [-0.4, -0.2) is 5.12 Å². The van der Waals surface area contributed by atoms with E-state index in [1.165, 1.54) is 28.6 Å². The summed E-state index contributed by atoms with van der Waals surface area (Å²) in [6.45, 7) is 4.28. The van der Waals surface area contributed by atoms with Crippen molar-refractivity contribution in [1.29, 1.82) is 0 Å². The minimum atomic E-state index is -0.344. The highest BCUT2D eigenvalue weighted by molar-refractivity contribution is 8.13. The largest absolute Gasteiger partial charge is 0.309 e. The standard InChI is InChI=1S/C28H22ClNOS/c1-18-8-7-9-19(2)27(18)30-24-12-5-3-10-22(24)26(23-11-4-6-13-25(23)30)28(31)32-21-16-14-20(29)15-17-21/h3-17,26H,1-2H3. The minimum absolute atomic E-state index is 0.105. The Labute approximate surface area is 197 Å². The maximum atomic E-state index is 13.7. The molecule has 0 amide bonds. The van der Waals surface area contributed by atoms with Gasteiger partial charge in [0.05, 0.1) is 23.0 Å². The van der Waals surface area contributed by atoms with Crippen LogP contribution in [-0.2, 0) is 4.79 Å². The molecule has 158 valence electrons. The van der Waals surface area contributed by atoms with Crippen LogP contribution in [0.4, 0.5) is 17.1 Å². The molecule has 0 aromatic heterocycles. The number of rotatable bonds is 3. The van der Waals surface area contributed by atoms with Gasteiger partial charge in [0.1, 0.15) is 0 Å². The number of halogens is 1. The zero-order chi connectivity index (χ0) is 22.2. The van der Waals surface area contributed by atoms with Gasteiger partial charge in [-0.1, -0.05) is 78.0 Å². The topological polar surface area (TPSA) is 20.3 Å². The fraction of sp³-hybridized carbons (Fsp3) is 0.107. The second kappa shape index (κ2) is 8.50. The second-order valence-corrected chi connectivity index (χ2v) is 9.52. The number of nitrogens with zero attached hydrogens (tertiary/aromatic N) is 1. The van der Waals surface area contributed by atoms with Crippen molar-refractivity contribution in [3.8, 4) is 0 Å². The van der Waals surface area contributed by atoms with Crippen LogP contribution in [0.25, 0.3) is 0 Å². The number of anilines is 3. The highest BCUT2D eigenvalue weighted by atomic mass is 35.5. The van der Waals surface area contributed by atoms with Gasteiger partial charge in [0, 0.05) is 9.92 Å². The molecule has 0 atom stereocenters. The van der Waals surface area contributed by atoms with Crippen molar-refractivity contribution in [3.05, 3.63) is 118 Å². The van der Waals surface area contributed by atoms with Crippen LogP contribution in [0.5, 0.6) is 0 Å². The lowest BCUT2D eigenvalue weighted by molar-refractivity contribution is -0.111. The molecule has 4 aromatic rings. The predicted molar refractivity (Wildman–Crippen MR) is 135 cm³/mol. The molecule has 0 fully saturated rings. The third-order valence-electron chi connectivity index (χ3n) is 5.91. The summed E-state index contributed by atoms with van der Waals surface area (Å²) >= 11 is 7.30. The number of carbonyl (C=O) groups excluding carboxylic acids is 1. The number of aryl methyl sites for hydroxylation is 2. The Bertz CT molecular complexity index is 1250. The lowest BCUT2D eigenvalue weighted by Gasteiger charge is -2.38. The normalized spacial score (nSPS) is 12.9. The molecule has 0 bridgehead atoms. The molecular formula is C28H22ClNOS. The quantitative estimate of drug-likeness (QED) is 0.290. The van der Waals surface area contributed by atoms with Gasteiger partial charge in [-0.2, -0.15) is 0 Å². The van der Waals surface area contributed by atoms with Crippen LogP contribution >= 0.6 is 23.4 Å². The molecule has 0 radical (unpaired) electrons. The van der Waals surface area contributed by atoms with Crippen LogP contribution in [0.1, 0.15) is 28.2 Å². The third-order valence-corrected chi connectivity index (χ3v) is 7.10. The van der Waals surface area contributed by atoms with E-state index in [1.807, 2.05) is 48.5 Å². The molecule has 1 aliphatic rings. The first-order valence-corrected chi connectivity index (χ1v) is 11.8. The van der Waals surface area contributed by atoms with Crippen molar-refractivity contribution in [2.75, 3.05) is 4.90 Å². The molecule has 0 N–H and O–H groups in total. The Kier molecular flexibility index (Phi) is 5.54. The third kappa shape index (κ3) is 3.62. The van der Waals surface area contributed by atoms with E-state index in [4.69, 9.17) is 11.6 Å². The van der Waals surface area contributed by atoms with E-state index < -0.39 is 0 Å². The zero-order valence-corrected chi connectivity index (χ0v) is 19.5. The lowest BCUT2D eigenvalue weighted by atomic mass is 9.85. The molecule has 32 heavy (non-hydrogen) atoms. The average Bonchev–Trinajstić information content (AvgIpc) is 2.80. The molecule has 0 unspecified atom stereocenters. The van der Waals surface area contributed by atoms with Gasteiger partial charge >= 0.3 is 0 Å². The summed E-state index contributed by atoms with van der Waals surface area (Å²) < 4.78 is 0. The molecule has 0 saturated carbocycles. The van der Waals surface area contributed by atoms with Crippen molar-refractivity contribution >= 4 is 45.5 Å². The SMILES string of the molecule is Cc1cccc(C)c1N1c2ccccc2C(C(=O)Sc2ccc(Cl)cc2)c2ccccc21. The molecule has 0 spiro atoms. The molecule has 1 aliphatic heterocycles. The number of hydrogen-bond donors (Lipinski definition) is 0. The monoisotopic (exact) mass is 455 g/mol. The summed E-state index contributed by atoms with van der Waals surface area (Å²) in [6, 6.07) is 30.3. The maximum absolute atomic E-state index is 13.7. The first-order valence-electron chi connectivity index (χ1n) is 10.6. The van der Waals surface area contributed by atoms with E-state index in [9.17, 15) is 4.79 Å². The average molecular weight is 456 g/mol. The van der Waals surface area contributed by atoms with E-state index >= 15 is 0 Å². The first-order chi connectivity index (χ1) is 15.5. The number of benzene rings is 4. The maximum Gasteiger partial charge on any atom is 0.205 e. The second-order valence-electron chi connectivity index (χ2n) is 8.00. The van der Waals surface area contributed by atoms with E-state index in [2.05, 4.69) is 61.2 Å². The number of fused-ring (bicyclic) bond motifs is 2. The van der Waals surface area contributed by atoms with E-state index in [-0.39, 0.29) is 11.0 Å². The number of para-hydroxylation sites is 3. The van der Waals surface area contributed by atoms with Crippen LogP contribution in [0.15, 0.2) is 95.9 Å². The molecular weight excluding hydrogens is 434 g/mol. The van der Waals surface area contributed by atoms with Gasteiger partial charge in [-0.05, 0) is 72.5 Å². The number of carbonyl (C=O) groups is 1. The van der Waals surface area contributed by atoms with E-state index in [0.717, 1.165) is 27.4 Å². The van der Waals surface area contributed by atoms with Crippen molar-refractivity contribution in [3.63, 3.8) is 0 Å². The van der Waals surface area contributed by atoms with E-state index in [0.29, 0.717) is 5.02 Å². The van der Waals surface area contributed by atoms with Crippen molar-refractivity contribution in [2.24, 2.45) is 0 Å². The Morgan fingerprint density at radius 3 is 1.84 bits per heavy atom. The summed E-state index contributed by atoms with van der Waals surface area (Å²) in [5.41, 5.74) is 7.74. The Hall–Kier alpha value is -3.01. The van der Waals surface area contributed by atoms with Gasteiger partial charge in [0.15, 0.2) is 0 Å². The van der Waals surface area contributed by atoms with E-state index in [1.54, 1.807) is 0 Å². The van der Waals surface area contributed by atoms with Gasteiger partial charge in [-0.25, -0.2) is 0 Å². The predicted octanol–water partition coefficient (Wildman–Crippen LogP) is 8.19. The summed E-state index contributed by atoms with van der Waals surface area (Å²) in [6.07, 6.45) is 0. The number of hydrogen-bond acceptors (Lipinski definition) is 3. The van der Waals surface area contributed by atoms with Gasteiger partial charge in [0.25, 0.3) is 0 Å². The molecule has 0 saturated heterocycles. The molecule has 2 nitrogen and oxygen atoms in total. The zero-order valence-electron chi connectivity index (χ0n) is 17.9. The number of thioether (sulfide) groups is 1. The Morgan fingerprint density at radius 2 is 1.28 bits per heavy atom. The highest BCUT2D eigenvalue weighted by Gasteiger charge is 2.36. The molecule has 5 rings (SSSR count). The summed E-state index contributed by atoms with van der Waals surface area (Å²) in [5.74, 6) is -0.344. The van der Waals surface area contributed by atoms with Crippen molar-refractivity contribution in [2.45, 2.75) is 24.7 Å². The minimum Gasteiger partial charge on any atom is -0.309 e.